The summed E-state index contributed by atoms with van der Waals surface area (Å²) in [7, 11) is 0. The van der Waals surface area contributed by atoms with E-state index in [1.807, 2.05) is 0 Å². The smallest absolute Gasteiger partial charge is 0.335 e. The fourth-order valence-corrected chi connectivity index (χ4v) is 1.85. The number of anilines is 1. The molecule has 2 aromatic rings. The van der Waals surface area contributed by atoms with Crippen molar-refractivity contribution in [1.29, 1.82) is 0 Å². The lowest BCUT2D eigenvalue weighted by atomic mass is 10.2. The van der Waals surface area contributed by atoms with E-state index in [1.54, 1.807) is 29.1 Å². The van der Waals surface area contributed by atoms with Gasteiger partial charge in [-0.15, -0.1) is 0 Å². The van der Waals surface area contributed by atoms with Gasteiger partial charge in [-0.3, -0.25) is 4.79 Å². The molecule has 3 N–H and O–H groups in total. The number of oxime groups is 1. The summed E-state index contributed by atoms with van der Waals surface area (Å²) in [6.07, 6.45) is 4.63. The topological polar surface area (TPSA) is 103 Å². The van der Waals surface area contributed by atoms with Crippen LogP contribution >= 0.6 is 0 Å². The summed E-state index contributed by atoms with van der Waals surface area (Å²) in [5, 5.41) is 22.9. The van der Waals surface area contributed by atoms with Crippen LogP contribution < -0.4 is 9.88 Å². The highest BCUT2D eigenvalue weighted by Crippen LogP contribution is 2.09. The maximum Gasteiger partial charge on any atom is 0.335 e. The molecule has 0 aliphatic carbocycles. The number of carboxylic acids is 1. The van der Waals surface area contributed by atoms with Crippen LogP contribution in [-0.2, 0) is 11.3 Å². The maximum atomic E-state index is 11.9. The fourth-order valence-electron chi connectivity index (χ4n) is 1.85. The molecule has 0 spiro atoms. The predicted molar refractivity (Wildman–Crippen MR) is 78.0 cm³/mol. The van der Waals surface area contributed by atoms with Crippen molar-refractivity contribution in [2.75, 3.05) is 5.32 Å². The van der Waals surface area contributed by atoms with E-state index in [0.29, 0.717) is 11.3 Å². The third-order valence-corrected chi connectivity index (χ3v) is 2.83. The second kappa shape index (κ2) is 6.98. The minimum Gasteiger partial charge on any atom is -0.478 e. The van der Waals surface area contributed by atoms with E-state index in [9.17, 15) is 9.59 Å². The molecule has 0 radical (unpaired) electrons. The summed E-state index contributed by atoms with van der Waals surface area (Å²) in [5.74, 6) is -1.28. The van der Waals surface area contributed by atoms with Gasteiger partial charge in [0.15, 0.2) is 12.4 Å². The molecule has 1 aromatic carbocycles. The summed E-state index contributed by atoms with van der Waals surface area (Å²) in [6, 6.07) is 9.36. The highest BCUT2D eigenvalue weighted by molar-refractivity contribution is 5.91. The van der Waals surface area contributed by atoms with Gasteiger partial charge in [0, 0.05) is 11.8 Å². The van der Waals surface area contributed by atoms with Crippen LogP contribution in [0.1, 0.15) is 15.9 Å². The van der Waals surface area contributed by atoms with E-state index < -0.39 is 5.97 Å². The lowest BCUT2D eigenvalue weighted by molar-refractivity contribution is -0.684. The van der Waals surface area contributed by atoms with Gasteiger partial charge in [-0.25, -0.2) is 4.79 Å². The van der Waals surface area contributed by atoms with E-state index in [-0.39, 0.29) is 18.0 Å². The number of hydrogen-bond donors (Lipinski definition) is 3. The summed E-state index contributed by atoms with van der Waals surface area (Å²) in [5.41, 5.74) is 1.33. The first-order valence-electron chi connectivity index (χ1n) is 6.38. The van der Waals surface area contributed by atoms with E-state index in [1.165, 1.54) is 30.5 Å². The first-order chi connectivity index (χ1) is 10.6. The molecule has 7 heteroatoms. The monoisotopic (exact) mass is 300 g/mol. The second-order valence-corrected chi connectivity index (χ2v) is 4.48. The number of amides is 1. The molecular weight excluding hydrogens is 286 g/mol. The molecule has 0 fully saturated rings. The first-order valence-corrected chi connectivity index (χ1v) is 6.38. The van der Waals surface area contributed by atoms with Gasteiger partial charge in [0.05, 0.1) is 17.3 Å². The van der Waals surface area contributed by atoms with E-state index in [4.69, 9.17) is 10.3 Å². The normalized spacial score (nSPS) is 10.5. The zero-order valence-electron chi connectivity index (χ0n) is 11.5. The Labute approximate surface area is 126 Å². The molecule has 0 saturated carbocycles. The summed E-state index contributed by atoms with van der Waals surface area (Å²) >= 11 is 0. The Bertz CT molecular complexity index is 711. The van der Waals surface area contributed by atoms with Crippen molar-refractivity contribution in [3.05, 3.63) is 59.9 Å². The van der Waals surface area contributed by atoms with Crippen LogP contribution in [0.3, 0.4) is 0 Å². The summed E-state index contributed by atoms with van der Waals surface area (Å²) in [4.78, 5) is 22.7. The standard InChI is InChI=1S/C15H13N3O4/c19-14(10-18-7-1-2-11(9-18)8-16-22)17-13-5-3-12(4-6-13)15(20)21/h1-9H,10H2,(H2-,17,19,20,21,22)/p+1. The number of rotatable bonds is 5. The molecule has 7 nitrogen and oxygen atoms in total. The van der Waals surface area contributed by atoms with Crippen LogP contribution in [0.4, 0.5) is 5.69 Å². The fraction of sp³-hybridized carbons (Fsp3) is 0.0667. The minimum atomic E-state index is -1.02. The molecule has 112 valence electrons. The molecule has 0 unspecified atom stereocenters. The molecule has 0 atom stereocenters. The van der Waals surface area contributed by atoms with Gasteiger partial charge < -0.3 is 15.6 Å². The molecular formula is C15H14N3O4+. The zero-order valence-corrected chi connectivity index (χ0v) is 11.5. The average molecular weight is 300 g/mol. The van der Waals surface area contributed by atoms with Gasteiger partial charge in [0.25, 0.3) is 5.91 Å². The van der Waals surface area contributed by atoms with Gasteiger partial charge in [-0.2, -0.15) is 4.57 Å². The van der Waals surface area contributed by atoms with Crippen LogP contribution in [0.5, 0.6) is 0 Å². The third-order valence-electron chi connectivity index (χ3n) is 2.83. The lowest BCUT2D eigenvalue weighted by Gasteiger charge is -2.03. The summed E-state index contributed by atoms with van der Waals surface area (Å²) in [6.45, 7) is 0.0772. The second-order valence-electron chi connectivity index (χ2n) is 4.48. The number of carboxylic acid groups (broad SMARTS) is 1. The average Bonchev–Trinajstić information content (AvgIpc) is 2.48. The van der Waals surface area contributed by atoms with Crippen LogP contribution in [0.2, 0.25) is 0 Å². The number of hydrogen-bond acceptors (Lipinski definition) is 4. The molecule has 1 amide bonds. The number of aromatic nitrogens is 1. The Morgan fingerprint density at radius 3 is 2.59 bits per heavy atom. The van der Waals surface area contributed by atoms with Crippen molar-refractivity contribution < 1.29 is 24.5 Å². The largest absolute Gasteiger partial charge is 0.478 e. The molecule has 0 saturated heterocycles. The maximum absolute atomic E-state index is 11.9. The molecule has 0 bridgehead atoms. The van der Waals surface area contributed by atoms with Crippen molar-refractivity contribution in [3.8, 4) is 0 Å². The molecule has 2 rings (SSSR count). The molecule has 0 aliphatic rings. The van der Waals surface area contributed by atoms with Gasteiger partial charge in [-0.1, -0.05) is 5.16 Å². The van der Waals surface area contributed by atoms with Crippen molar-refractivity contribution in [2.24, 2.45) is 5.16 Å². The van der Waals surface area contributed by atoms with E-state index >= 15 is 0 Å². The third kappa shape index (κ3) is 4.14. The van der Waals surface area contributed by atoms with Crippen molar-refractivity contribution in [2.45, 2.75) is 6.54 Å². The number of aromatic carboxylic acids is 1. The zero-order chi connectivity index (χ0) is 15.9. The molecule has 1 aromatic heterocycles. The quantitative estimate of drug-likeness (QED) is 0.333. The molecule has 22 heavy (non-hydrogen) atoms. The van der Waals surface area contributed by atoms with Crippen LogP contribution in [0, 0.1) is 0 Å². The number of pyridine rings is 1. The van der Waals surface area contributed by atoms with Gasteiger partial charge in [0.1, 0.15) is 0 Å². The first kappa shape index (κ1) is 15.2. The number of nitrogens with one attached hydrogen (secondary N) is 1. The predicted octanol–water partition coefficient (Wildman–Crippen LogP) is 1.12. The van der Waals surface area contributed by atoms with Crippen LogP contribution in [0.25, 0.3) is 0 Å². The Morgan fingerprint density at radius 1 is 1.23 bits per heavy atom. The lowest BCUT2D eigenvalue weighted by Crippen LogP contribution is -2.40. The minimum absolute atomic E-state index is 0.0772. The van der Waals surface area contributed by atoms with Crippen LogP contribution in [0.15, 0.2) is 53.9 Å². The Balaban J connectivity index is 2.00. The highest BCUT2D eigenvalue weighted by atomic mass is 16.4. The molecule has 0 aliphatic heterocycles. The number of nitrogens with zero attached hydrogens (tertiary/aromatic N) is 2. The SMILES string of the molecule is O=C(C[n+]1cccc(C=NO)c1)Nc1ccc(C(=O)O)cc1. The van der Waals surface area contributed by atoms with E-state index in [0.717, 1.165) is 0 Å². The highest BCUT2D eigenvalue weighted by Gasteiger charge is 2.10. The van der Waals surface area contributed by atoms with E-state index in [2.05, 4.69) is 10.5 Å². The molecule has 1 heterocycles. The number of carbonyl (C=O) groups is 2. The van der Waals surface area contributed by atoms with Crippen molar-refractivity contribution >= 4 is 23.8 Å². The number of carbonyl (C=O) groups excluding carboxylic acids is 1. The Hall–Kier alpha value is -3.22. The van der Waals surface area contributed by atoms with Crippen LogP contribution in [-0.4, -0.2) is 28.4 Å². The number of benzene rings is 1. The van der Waals surface area contributed by atoms with Gasteiger partial charge in [0.2, 0.25) is 6.54 Å². The Morgan fingerprint density at radius 2 is 1.95 bits per heavy atom. The summed E-state index contributed by atoms with van der Waals surface area (Å²) < 4.78 is 1.64. The van der Waals surface area contributed by atoms with Gasteiger partial charge >= 0.3 is 5.97 Å². The Kier molecular flexibility index (Phi) is 4.81. The van der Waals surface area contributed by atoms with Crippen molar-refractivity contribution in [1.82, 2.24) is 0 Å². The van der Waals surface area contributed by atoms with Gasteiger partial charge in [-0.05, 0) is 30.3 Å². The van der Waals surface area contributed by atoms with Crippen molar-refractivity contribution in [3.63, 3.8) is 0 Å².